The highest BCUT2D eigenvalue weighted by Crippen LogP contribution is 2.01. The summed E-state index contributed by atoms with van der Waals surface area (Å²) >= 11 is 0. The van der Waals surface area contributed by atoms with Crippen molar-refractivity contribution >= 4 is 0 Å². The number of nitrogens with two attached hydrogens (primary N) is 1. The van der Waals surface area contributed by atoms with Crippen molar-refractivity contribution in [1.82, 2.24) is 4.90 Å². The molecule has 0 aromatic heterocycles. The molecule has 0 spiro atoms. The lowest BCUT2D eigenvalue weighted by atomic mass is 10.4. The van der Waals surface area contributed by atoms with Crippen molar-refractivity contribution in [3.63, 3.8) is 0 Å². The number of likely N-dealkylation sites (tertiary alicyclic amines) is 1. The molecule has 1 aliphatic rings. The van der Waals surface area contributed by atoms with Crippen LogP contribution >= 0.6 is 0 Å². The molecule has 1 fully saturated rings. The van der Waals surface area contributed by atoms with Crippen molar-refractivity contribution in [3.8, 4) is 0 Å². The van der Waals surface area contributed by atoms with Gasteiger partial charge in [-0.3, -0.25) is 0 Å². The Hall–Kier alpha value is -0.0800. The summed E-state index contributed by atoms with van der Waals surface area (Å²) < 4.78 is 0. The van der Waals surface area contributed by atoms with Gasteiger partial charge in [0, 0.05) is 0 Å². The fraction of sp³-hybridized carbons (Fsp3) is 1.00. The smallest absolute Gasteiger partial charge is 0.00213 e. The Kier molecular flexibility index (Phi) is 15.4. The molecule has 11 heavy (non-hydrogen) atoms. The summed E-state index contributed by atoms with van der Waals surface area (Å²) in [5.41, 5.74) is 4.85. The Balaban J connectivity index is 0. The minimum atomic E-state index is 0.750. The van der Waals surface area contributed by atoms with E-state index in [1.54, 1.807) is 0 Å². The van der Waals surface area contributed by atoms with E-state index in [-0.39, 0.29) is 0 Å². The van der Waals surface area contributed by atoms with Crippen molar-refractivity contribution in [3.05, 3.63) is 0 Å². The number of hydrogen-bond donors (Lipinski definition) is 1. The highest BCUT2D eigenvalue weighted by atomic mass is 15.1. The van der Waals surface area contributed by atoms with Gasteiger partial charge >= 0.3 is 0 Å². The molecule has 1 saturated heterocycles. The molecule has 0 bridgehead atoms. The van der Waals surface area contributed by atoms with E-state index in [1.165, 1.54) is 25.9 Å². The van der Waals surface area contributed by atoms with E-state index >= 15 is 0 Å². The normalized spacial score (nSPS) is 16.1. The van der Waals surface area contributed by atoms with Gasteiger partial charge in [-0.1, -0.05) is 20.8 Å². The standard InChI is InChI=1S/C5H11N.C2H7N.C2H6/c1-6-4-2-3-5-6;1-2-3;1-2/h2-5H2,1H3;2-3H2,1H3;1-2H3. The van der Waals surface area contributed by atoms with Gasteiger partial charge in [0.25, 0.3) is 0 Å². The molecule has 70 valence electrons. The fourth-order valence-corrected chi connectivity index (χ4v) is 0.875. The first kappa shape index (κ1) is 13.5. The van der Waals surface area contributed by atoms with Crippen LogP contribution in [-0.4, -0.2) is 31.6 Å². The number of rotatable bonds is 0. The first-order valence-corrected chi connectivity index (χ1v) is 4.70. The molecule has 0 unspecified atom stereocenters. The zero-order valence-corrected chi connectivity index (χ0v) is 8.56. The average Bonchev–Trinajstić information content (AvgIpc) is 2.46. The second-order valence-corrected chi connectivity index (χ2v) is 2.42. The van der Waals surface area contributed by atoms with Gasteiger partial charge in [0.05, 0.1) is 0 Å². The number of nitrogens with zero attached hydrogens (tertiary/aromatic N) is 1. The Morgan fingerprint density at radius 2 is 1.45 bits per heavy atom. The zero-order valence-electron chi connectivity index (χ0n) is 8.56. The zero-order chi connectivity index (χ0) is 9.11. The average molecular weight is 160 g/mol. The molecule has 0 atom stereocenters. The molecule has 1 rings (SSSR count). The fourth-order valence-electron chi connectivity index (χ4n) is 0.875. The van der Waals surface area contributed by atoms with Gasteiger partial charge in [0.15, 0.2) is 0 Å². The molecule has 0 radical (unpaired) electrons. The van der Waals surface area contributed by atoms with Crippen molar-refractivity contribution in [2.45, 2.75) is 33.6 Å². The maximum atomic E-state index is 4.85. The topological polar surface area (TPSA) is 29.3 Å². The predicted molar refractivity (Wildman–Crippen MR) is 52.8 cm³/mol. The van der Waals surface area contributed by atoms with Crippen LogP contribution in [0.25, 0.3) is 0 Å². The van der Waals surface area contributed by atoms with Gasteiger partial charge in [-0.25, -0.2) is 0 Å². The second-order valence-electron chi connectivity index (χ2n) is 2.42. The summed E-state index contributed by atoms with van der Waals surface area (Å²) in [6.07, 6.45) is 2.83. The van der Waals surface area contributed by atoms with E-state index in [0.29, 0.717) is 0 Å². The first-order valence-electron chi connectivity index (χ1n) is 4.70. The minimum Gasteiger partial charge on any atom is -0.331 e. The van der Waals surface area contributed by atoms with Crippen molar-refractivity contribution in [2.24, 2.45) is 5.73 Å². The Morgan fingerprint density at radius 3 is 1.55 bits per heavy atom. The lowest BCUT2D eigenvalue weighted by molar-refractivity contribution is 0.418. The van der Waals surface area contributed by atoms with Crippen molar-refractivity contribution in [2.75, 3.05) is 26.7 Å². The van der Waals surface area contributed by atoms with E-state index in [9.17, 15) is 0 Å². The lowest BCUT2D eigenvalue weighted by Crippen LogP contribution is -2.10. The van der Waals surface area contributed by atoms with Gasteiger partial charge in [-0.05, 0) is 39.5 Å². The largest absolute Gasteiger partial charge is 0.331 e. The Morgan fingerprint density at radius 1 is 1.18 bits per heavy atom. The summed E-state index contributed by atoms with van der Waals surface area (Å²) in [7, 11) is 2.17. The van der Waals surface area contributed by atoms with Gasteiger partial charge in [0.1, 0.15) is 0 Å². The molecule has 2 heteroatoms. The van der Waals surface area contributed by atoms with Gasteiger partial charge in [-0.15, -0.1) is 0 Å². The third-order valence-electron chi connectivity index (χ3n) is 1.33. The van der Waals surface area contributed by atoms with Crippen LogP contribution in [0.4, 0.5) is 0 Å². The van der Waals surface area contributed by atoms with Crippen LogP contribution in [0.1, 0.15) is 33.6 Å². The summed E-state index contributed by atoms with van der Waals surface area (Å²) in [5, 5.41) is 0. The molecule has 0 amide bonds. The molecule has 0 aliphatic carbocycles. The van der Waals surface area contributed by atoms with Crippen LogP contribution in [0.2, 0.25) is 0 Å². The van der Waals surface area contributed by atoms with Gasteiger partial charge in [0.2, 0.25) is 0 Å². The van der Waals surface area contributed by atoms with Crippen LogP contribution in [0.3, 0.4) is 0 Å². The maximum Gasteiger partial charge on any atom is -0.00213 e. The van der Waals surface area contributed by atoms with E-state index in [4.69, 9.17) is 5.73 Å². The van der Waals surface area contributed by atoms with E-state index in [1.807, 2.05) is 20.8 Å². The van der Waals surface area contributed by atoms with Crippen LogP contribution in [0, 0.1) is 0 Å². The molecular formula is C9H24N2. The second kappa shape index (κ2) is 12.6. The van der Waals surface area contributed by atoms with Crippen LogP contribution < -0.4 is 5.73 Å². The highest BCUT2D eigenvalue weighted by Gasteiger charge is 2.03. The summed E-state index contributed by atoms with van der Waals surface area (Å²) in [5.74, 6) is 0. The van der Waals surface area contributed by atoms with Crippen molar-refractivity contribution in [1.29, 1.82) is 0 Å². The molecule has 2 N–H and O–H groups in total. The molecule has 0 aromatic rings. The van der Waals surface area contributed by atoms with E-state index in [2.05, 4.69) is 11.9 Å². The summed E-state index contributed by atoms with van der Waals surface area (Å²) in [6.45, 7) is 9.29. The van der Waals surface area contributed by atoms with Gasteiger partial charge in [-0.2, -0.15) is 0 Å². The van der Waals surface area contributed by atoms with Crippen molar-refractivity contribution < 1.29 is 0 Å². The maximum absolute atomic E-state index is 4.85. The summed E-state index contributed by atoms with van der Waals surface area (Å²) in [6, 6.07) is 0. The quantitative estimate of drug-likeness (QED) is 0.584. The van der Waals surface area contributed by atoms with Crippen LogP contribution in [-0.2, 0) is 0 Å². The number of hydrogen-bond acceptors (Lipinski definition) is 2. The molecule has 2 nitrogen and oxygen atoms in total. The Bertz CT molecular complexity index is 49.5. The third-order valence-corrected chi connectivity index (χ3v) is 1.33. The predicted octanol–water partition coefficient (Wildman–Crippen LogP) is 1.70. The first-order chi connectivity index (χ1) is 5.31. The minimum absolute atomic E-state index is 0.750. The van der Waals surface area contributed by atoms with Gasteiger partial charge < -0.3 is 10.6 Å². The SMILES string of the molecule is CC.CCN.CN1CCCC1. The Labute approximate surface area is 71.8 Å². The molecular weight excluding hydrogens is 136 g/mol. The third kappa shape index (κ3) is 13.0. The lowest BCUT2D eigenvalue weighted by Gasteiger charge is -2.01. The molecule has 0 aromatic carbocycles. The summed E-state index contributed by atoms with van der Waals surface area (Å²) in [4.78, 5) is 2.36. The molecule has 0 saturated carbocycles. The molecule has 1 heterocycles. The monoisotopic (exact) mass is 160 g/mol. The van der Waals surface area contributed by atoms with E-state index < -0.39 is 0 Å². The van der Waals surface area contributed by atoms with E-state index in [0.717, 1.165) is 6.54 Å². The highest BCUT2D eigenvalue weighted by molar-refractivity contribution is 4.59. The van der Waals surface area contributed by atoms with Crippen LogP contribution in [0.5, 0.6) is 0 Å². The molecule has 1 aliphatic heterocycles. The van der Waals surface area contributed by atoms with Crippen LogP contribution in [0.15, 0.2) is 0 Å².